The molecule has 0 aliphatic carbocycles. The molecule has 6 nitrogen and oxygen atoms in total. The molecule has 0 saturated carbocycles. The van der Waals surface area contributed by atoms with Gasteiger partial charge in [-0.25, -0.2) is 0 Å². The molecular weight excluding hydrogens is 212 g/mol. The molecule has 0 aromatic carbocycles. The van der Waals surface area contributed by atoms with Crippen molar-refractivity contribution in [3.05, 3.63) is 32.2 Å². The van der Waals surface area contributed by atoms with Gasteiger partial charge in [-0.1, -0.05) is 13.3 Å². The monoisotopic (exact) mass is 226 g/mol. The van der Waals surface area contributed by atoms with E-state index in [0.717, 1.165) is 12.8 Å². The number of pyridine rings is 1. The van der Waals surface area contributed by atoms with Crippen molar-refractivity contribution < 1.29 is 10.0 Å². The van der Waals surface area contributed by atoms with Gasteiger partial charge in [-0.2, -0.15) is 0 Å². The van der Waals surface area contributed by atoms with Gasteiger partial charge in [0.05, 0.1) is 4.92 Å². The summed E-state index contributed by atoms with van der Waals surface area (Å²) in [6.07, 6.45) is 2.43. The van der Waals surface area contributed by atoms with Gasteiger partial charge in [-0.3, -0.25) is 14.9 Å². The van der Waals surface area contributed by atoms with Crippen molar-refractivity contribution in [3.63, 3.8) is 0 Å². The molecule has 1 rings (SSSR count). The van der Waals surface area contributed by atoms with Gasteiger partial charge in [0, 0.05) is 18.8 Å². The smallest absolute Gasteiger partial charge is 0.375 e. The second-order valence-corrected chi connectivity index (χ2v) is 3.59. The maximum absolute atomic E-state index is 11.6. The first-order valence-electron chi connectivity index (χ1n) is 5.05. The number of aromatic hydroxyl groups is 1. The van der Waals surface area contributed by atoms with Crippen LogP contribution in [0.15, 0.2) is 10.9 Å². The zero-order valence-electron chi connectivity index (χ0n) is 9.27. The highest BCUT2D eigenvalue weighted by atomic mass is 16.6. The Morgan fingerprint density at radius 3 is 2.69 bits per heavy atom. The molecule has 6 heteroatoms. The average molecular weight is 226 g/mol. The van der Waals surface area contributed by atoms with E-state index in [1.165, 1.54) is 17.7 Å². The zero-order chi connectivity index (χ0) is 12.3. The summed E-state index contributed by atoms with van der Waals surface area (Å²) in [5.41, 5.74) is -0.922. The summed E-state index contributed by atoms with van der Waals surface area (Å²) in [4.78, 5) is 21.3. The lowest BCUT2D eigenvalue weighted by Gasteiger charge is -2.07. The van der Waals surface area contributed by atoms with E-state index in [2.05, 4.69) is 0 Å². The topological polar surface area (TPSA) is 85.4 Å². The fourth-order valence-corrected chi connectivity index (χ4v) is 1.49. The van der Waals surface area contributed by atoms with E-state index in [1.54, 1.807) is 0 Å². The van der Waals surface area contributed by atoms with Gasteiger partial charge in [-0.15, -0.1) is 0 Å². The SMILES string of the molecule is CCCCc1cc(O)c([N+](=O)[O-])c(=O)n1C. The number of hydrogen-bond acceptors (Lipinski definition) is 4. The van der Waals surface area contributed by atoms with Gasteiger partial charge in [0.1, 0.15) is 0 Å². The van der Waals surface area contributed by atoms with Crippen LogP contribution in [0.25, 0.3) is 0 Å². The molecule has 0 saturated heterocycles. The fraction of sp³-hybridized carbons (Fsp3) is 0.500. The van der Waals surface area contributed by atoms with Gasteiger partial charge in [0.25, 0.3) is 0 Å². The van der Waals surface area contributed by atoms with Crippen LogP contribution in [-0.2, 0) is 13.5 Å². The molecule has 0 fully saturated rings. The standard InChI is InChI=1S/C10H14N2O4/c1-3-4-5-7-6-8(13)9(12(15)16)10(14)11(7)2/h6,13H,3-5H2,1-2H3. The van der Waals surface area contributed by atoms with E-state index >= 15 is 0 Å². The Kier molecular flexibility index (Phi) is 3.65. The summed E-state index contributed by atoms with van der Waals surface area (Å²) in [5.74, 6) is -0.556. The van der Waals surface area contributed by atoms with Crippen LogP contribution in [0.2, 0.25) is 0 Å². The van der Waals surface area contributed by atoms with E-state index in [1.807, 2.05) is 6.92 Å². The first-order valence-corrected chi connectivity index (χ1v) is 5.05. The van der Waals surface area contributed by atoms with Crippen LogP contribution in [0.1, 0.15) is 25.5 Å². The number of hydrogen-bond donors (Lipinski definition) is 1. The molecule has 1 aromatic heterocycles. The summed E-state index contributed by atoms with van der Waals surface area (Å²) in [6.45, 7) is 2.00. The lowest BCUT2D eigenvalue weighted by Crippen LogP contribution is -2.22. The zero-order valence-corrected chi connectivity index (χ0v) is 9.27. The first kappa shape index (κ1) is 12.2. The third-order valence-corrected chi connectivity index (χ3v) is 2.45. The third-order valence-electron chi connectivity index (χ3n) is 2.45. The van der Waals surface area contributed by atoms with E-state index in [-0.39, 0.29) is 0 Å². The summed E-state index contributed by atoms with van der Waals surface area (Å²) in [6, 6.07) is 1.29. The number of nitro groups is 1. The Bertz CT molecular complexity index is 465. The van der Waals surface area contributed by atoms with Gasteiger partial charge in [0.2, 0.25) is 5.75 Å². The van der Waals surface area contributed by atoms with Crippen molar-refractivity contribution in [2.45, 2.75) is 26.2 Å². The fourth-order valence-electron chi connectivity index (χ4n) is 1.49. The number of unbranched alkanes of at least 4 members (excludes halogenated alkanes) is 1. The molecule has 0 spiro atoms. The Morgan fingerprint density at radius 2 is 2.19 bits per heavy atom. The van der Waals surface area contributed by atoms with Gasteiger partial charge in [-0.05, 0) is 12.8 Å². The quantitative estimate of drug-likeness (QED) is 0.620. The summed E-state index contributed by atoms with van der Waals surface area (Å²) >= 11 is 0. The number of aryl methyl sites for hydroxylation is 1. The van der Waals surface area contributed by atoms with Crippen molar-refractivity contribution in [2.75, 3.05) is 0 Å². The van der Waals surface area contributed by atoms with Crippen molar-refractivity contribution in [1.82, 2.24) is 4.57 Å². The molecule has 0 aliphatic heterocycles. The molecular formula is C10H14N2O4. The van der Waals surface area contributed by atoms with Crippen LogP contribution in [0.3, 0.4) is 0 Å². The highest BCUT2D eigenvalue weighted by molar-refractivity contribution is 5.44. The molecule has 88 valence electrons. The lowest BCUT2D eigenvalue weighted by molar-refractivity contribution is -0.387. The molecule has 0 atom stereocenters. The first-order chi connectivity index (χ1) is 7.49. The minimum Gasteiger partial charge on any atom is -0.502 e. The molecule has 0 radical (unpaired) electrons. The highest BCUT2D eigenvalue weighted by Crippen LogP contribution is 2.22. The molecule has 0 amide bonds. The maximum atomic E-state index is 11.6. The van der Waals surface area contributed by atoms with Crippen LogP contribution in [0, 0.1) is 10.1 Å². The van der Waals surface area contributed by atoms with E-state index in [4.69, 9.17) is 0 Å². The Labute approximate surface area is 92.3 Å². The minimum absolute atomic E-state index is 0.556. The third kappa shape index (κ3) is 2.21. The predicted octanol–water partition coefficient (Wildman–Crippen LogP) is 1.34. The van der Waals surface area contributed by atoms with Crippen LogP contribution in [0.5, 0.6) is 5.75 Å². The molecule has 1 N–H and O–H groups in total. The van der Waals surface area contributed by atoms with Crippen molar-refractivity contribution in [3.8, 4) is 5.75 Å². The Morgan fingerprint density at radius 1 is 1.56 bits per heavy atom. The summed E-state index contributed by atoms with van der Waals surface area (Å²) in [7, 11) is 1.47. The second kappa shape index (κ2) is 4.78. The largest absolute Gasteiger partial charge is 0.502 e. The van der Waals surface area contributed by atoms with E-state index < -0.39 is 21.9 Å². The molecule has 0 bridgehead atoms. The van der Waals surface area contributed by atoms with Crippen molar-refractivity contribution in [2.24, 2.45) is 7.05 Å². The molecule has 1 heterocycles. The predicted molar refractivity (Wildman–Crippen MR) is 58.6 cm³/mol. The Hall–Kier alpha value is -1.85. The van der Waals surface area contributed by atoms with Crippen LogP contribution in [-0.4, -0.2) is 14.6 Å². The molecule has 0 aliphatic rings. The normalized spacial score (nSPS) is 10.4. The Balaban J connectivity index is 3.28. The molecule has 0 unspecified atom stereocenters. The summed E-state index contributed by atoms with van der Waals surface area (Å²) < 4.78 is 1.22. The number of rotatable bonds is 4. The molecule has 16 heavy (non-hydrogen) atoms. The molecule has 1 aromatic rings. The lowest BCUT2D eigenvalue weighted by atomic mass is 10.1. The van der Waals surface area contributed by atoms with Crippen LogP contribution >= 0.6 is 0 Å². The van der Waals surface area contributed by atoms with Crippen LogP contribution in [0.4, 0.5) is 5.69 Å². The second-order valence-electron chi connectivity index (χ2n) is 3.59. The average Bonchev–Trinajstić information content (AvgIpc) is 2.21. The van der Waals surface area contributed by atoms with E-state index in [0.29, 0.717) is 12.1 Å². The maximum Gasteiger partial charge on any atom is 0.375 e. The highest BCUT2D eigenvalue weighted by Gasteiger charge is 2.21. The van der Waals surface area contributed by atoms with Crippen LogP contribution < -0.4 is 5.56 Å². The van der Waals surface area contributed by atoms with Crippen molar-refractivity contribution in [1.29, 1.82) is 0 Å². The van der Waals surface area contributed by atoms with Gasteiger partial charge in [0.15, 0.2) is 0 Å². The van der Waals surface area contributed by atoms with Gasteiger partial charge < -0.3 is 9.67 Å². The van der Waals surface area contributed by atoms with Crippen molar-refractivity contribution >= 4 is 5.69 Å². The minimum atomic E-state index is -0.860. The number of nitrogens with zero attached hydrogens (tertiary/aromatic N) is 2. The number of aromatic nitrogens is 1. The summed E-state index contributed by atoms with van der Waals surface area (Å²) in [5, 5.41) is 20.0. The van der Waals surface area contributed by atoms with E-state index in [9.17, 15) is 20.0 Å². The van der Waals surface area contributed by atoms with Gasteiger partial charge >= 0.3 is 11.2 Å².